The predicted octanol–water partition coefficient (Wildman–Crippen LogP) is 6.77. The van der Waals surface area contributed by atoms with Crippen LogP contribution in [0.3, 0.4) is 0 Å². The molecule has 0 saturated carbocycles. The number of anilines is 2. The summed E-state index contributed by atoms with van der Waals surface area (Å²) in [5.74, 6) is 2.70. The molecule has 236 valence electrons. The summed E-state index contributed by atoms with van der Waals surface area (Å²) in [6.07, 6.45) is 14.2. The van der Waals surface area contributed by atoms with Crippen molar-refractivity contribution in [2.24, 2.45) is 0 Å². The first-order chi connectivity index (χ1) is 23.6. The summed E-state index contributed by atoms with van der Waals surface area (Å²) in [6.45, 7) is 4.11. The van der Waals surface area contributed by atoms with Gasteiger partial charge in [-0.1, -0.05) is 36.4 Å². The number of nitrogens with one attached hydrogen (secondary N) is 2. The van der Waals surface area contributed by atoms with Gasteiger partial charge in [0, 0.05) is 37.2 Å². The van der Waals surface area contributed by atoms with Crippen molar-refractivity contribution >= 4 is 34.0 Å². The van der Waals surface area contributed by atoms with Crippen molar-refractivity contribution in [3.05, 3.63) is 146 Å². The first-order valence-electron chi connectivity index (χ1n) is 15.5. The molecule has 12 nitrogen and oxygen atoms in total. The van der Waals surface area contributed by atoms with Crippen LogP contribution in [0.15, 0.2) is 135 Å². The first kappa shape index (κ1) is 30.1. The van der Waals surface area contributed by atoms with Gasteiger partial charge in [-0.15, -0.1) is 0 Å². The third-order valence-corrected chi connectivity index (χ3v) is 7.74. The van der Waals surface area contributed by atoms with Crippen molar-refractivity contribution in [2.45, 2.75) is 25.9 Å². The molecule has 2 atom stereocenters. The second-order valence-electron chi connectivity index (χ2n) is 11.0. The molecule has 6 aromatic heterocycles. The molecule has 0 unspecified atom stereocenters. The predicted molar refractivity (Wildman–Crippen MR) is 186 cm³/mol. The third kappa shape index (κ3) is 6.67. The Hall–Kier alpha value is -6.56. The molecule has 0 fully saturated rings. The van der Waals surface area contributed by atoms with Gasteiger partial charge in [0.15, 0.2) is 0 Å². The fourth-order valence-electron chi connectivity index (χ4n) is 5.21. The van der Waals surface area contributed by atoms with Crippen molar-refractivity contribution in [1.82, 2.24) is 49.0 Å². The third-order valence-electron chi connectivity index (χ3n) is 7.74. The van der Waals surface area contributed by atoms with E-state index in [2.05, 4.69) is 64.4 Å². The minimum absolute atomic E-state index is 0.0634. The maximum Gasteiger partial charge on any atom is 0.225 e. The SMILES string of the molecule is C[C@@H](Nc1nccc(-n2cnc3ccccc32)n1)c1cccnc1.C[C@H](Nc1nccc(-n2cnc3ccccc32)n1)c1cccnc1. The number of hydrogen-bond donors (Lipinski definition) is 2. The van der Waals surface area contributed by atoms with Crippen molar-refractivity contribution < 1.29 is 0 Å². The molecule has 0 saturated heterocycles. The molecule has 48 heavy (non-hydrogen) atoms. The Balaban J connectivity index is 0.000000152. The van der Waals surface area contributed by atoms with E-state index in [0.717, 1.165) is 44.8 Å². The lowest BCUT2D eigenvalue weighted by molar-refractivity contribution is 0.847. The summed E-state index contributed by atoms with van der Waals surface area (Å²) in [6, 6.07) is 27.7. The molecule has 2 N–H and O–H groups in total. The van der Waals surface area contributed by atoms with Crippen LogP contribution in [0.5, 0.6) is 0 Å². The van der Waals surface area contributed by atoms with Gasteiger partial charge in [-0.05, 0) is 73.5 Å². The zero-order valence-corrected chi connectivity index (χ0v) is 26.3. The zero-order chi connectivity index (χ0) is 32.7. The van der Waals surface area contributed by atoms with Crippen LogP contribution in [0.25, 0.3) is 33.7 Å². The molecule has 2 aromatic carbocycles. The van der Waals surface area contributed by atoms with Gasteiger partial charge < -0.3 is 10.6 Å². The smallest absolute Gasteiger partial charge is 0.225 e. The van der Waals surface area contributed by atoms with Gasteiger partial charge in [-0.25, -0.2) is 19.9 Å². The van der Waals surface area contributed by atoms with Gasteiger partial charge in [0.25, 0.3) is 0 Å². The number of imidazole rings is 2. The molecule has 8 rings (SSSR count). The topological polar surface area (TPSA) is 137 Å². The second kappa shape index (κ2) is 13.8. The van der Waals surface area contributed by atoms with Crippen LogP contribution in [0, 0.1) is 0 Å². The van der Waals surface area contributed by atoms with Gasteiger partial charge in [0.05, 0.1) is 34.2 Å². The van der Waals surface area contributed by atoms with Crippen molar-refractivity contribution in [1.29, 1.82) is 0 Å². The van der Waals surface area contributed by atoms with Crippen LogP contribution in [0.4, 0.5) is 11.9 Å². The van der Waals surface area contributed by atoms with E-state index >= 15 is 0 Å². The number of para-hydroxylation sites is 4. The van der Waals surface area contributed by atoms with E-state index in [4.69, 9.17) is 0 Å². The van der Waals surface area contributed by atoms with Gasteiger partial charge in [-0.3, -0.25) is 19.1 Å². The number of nitrogens with zero attached hydrogens (tertiary/aromatic N) is 10. The van der Waals surface area contributed by atoms with Crippen molar-refractivity contribution in [3.63, 3.8) is 0 Å². The Morgan fingerprint density at radius 2 is 0.958 bits per heavy atom. The fraction of sp³-hybridized carbons (Fsp3) is 0.111. The normalized spacial score (nSPS) is 12.2. The minimum atomic E-state index is 0.0634. The summed E-state index contributed by atoms with van der Waals surface area (Å²) < 4.78 is 3.91. The number of pyridine rings is 2. The van der Waals surface area contributed by atoms with Crippen LogP contribution < -0.4 is 10.6 Å². The molecule has 0 amide bonds. The highest BCUT2D eigenvalue weighted by molar-refractivity contribution is 5.77. The summed E-state index contributed by atoms with van der Waals surface area (Å²) in [7, 11) is 0. The van der Waals surface area contributed by atoms with Gasteiger partial charge in [0.1, 0.15) is 24.3 Å². The van der Waals surface area contributed by atoms with Gasteiger partial charge in [0.2, 0.25) is 11.9 Å². The molecule has 0 bridgehead atoms. The monoisotopic (exact) mass is 632 g/mol. The number of hydrogen-bond acceptors (Lipinski definition) is 10. The average molecular weight is 633 g/mol. The maximum atomic E-state index is 4.61. The summed E-state index contributed by atoms with van der Waals surface area (Å²) >= 11 is 0. The maximum absolute atomic E-state index is 4.61. The van der Waals surface area contributed by atoms with Crippen LogP contribution in [0.1, 0.15) is 37.1 Å². The fourth-order valence-corrected chi connectivity index (χ4v) is 5.21. The second-order valence-corrected chi connectivity index (χ2v) is 11.0. The van der Waals surface area contributed by atoms with E-state index in [9.17, 15) is 0 Å². The number of benzene rings is 2. The first-order valence-corrected chi connectivity index (χ1v) is 15.5. The van der Waals surface area contributed by atoms with Crippen LogP contribution in [-0.4, -0.2) is 49.0 Å². The summed E-state index contributed by atoms with van der Waals surface area (Å²) in [4.78, 5) is 35.0. The standard InChI is InChI=1S/2C18H16N6/c2*1-13(14-5-4-9-19-11-14)22-18-20-10-8-17(23-18)24-12-21-15-6-2-3-7-16(15)24/h2*2-13H,1H3,(H,20,22,23)/t2*13-/m10/s1. The van der Waals surface area contributed by atoms with E-state index in [1.165, 1.54) is 0 Å². The average Bonchev–Trinajstić information content (AvgIpc) is 3.78. The number of rotatable bonds is 8. The Kier molecular flexibility index (Phi) is 8.68. The summed E-state index contributed by atoms with van der Waals surface area (Å²) in [5.41, 5.74) is 6.08. The zero-order valence-electron chi connectivity index (χ0n) is 26.3. The molecule has 6 heterocycles. The molecule has 0 spiro atoms. The number of aromatic nitrogens is 10. The summed E-state index contributed by atoms with van der Waals surface area (Å²) in [5, 5.41) is 6.63. The van der Waals surface area contributed by atoms with E-state index in [1.54, 1.807) is 37.4 Å². The highest BCUT2D eigenvalue weighted by Gasteiger charge is 2.11. The van der Waals surface area contributed by atoms with E-state index in [0.29, 0.717) is 11.9 Å². The van der Waals surface area contributed by atoms with E-state index < -0.39 is 0 Å². The molecule has 8 aromatic rings. The Morgan fingerprint density at radius 1 is 0.500 bits per heavy atom. The lowest BCUT2D eigenvalue weighted by Crippen LogP contribution is -2.10. The molecule has 0 aliphatic rings. The molecule has 0 radical (unpaired) electrons. The van der Waals surface area contributed by atoms with Gasteiger partial charge >= 0.3 is 0 Å². The molecule has 12 heteroatoms. The van der Waals surface area contributed by atoms with Crippen LogP contribution >= 0.6 is 0 Å². The van der Waals surface area contributed by atoms with Gasteiger partial charge in [-0.2, -0.15) is 9.97 Å². The molecular formula is C36H32N12. The Morgan fingerprint density at radius 3 is 1.40 bits per heavy atom. The van der Waals surface area contributed by atoms with Crippen molar-refractivity contribution in [2.75, 3.05) is 10.6 Å². The van der Waals surface area contributed by atoms with E-state index in [-0.39, 0.29) is 12.1 Å². The Labute approximate surface area is 276 Å². The van der Waals surface area contributed by atoms with Crippen molar-refractivity contribution in [3.8, 4) is 11.6 Å². The van der Waals surface area contributed by atoms with E-state index in [1.807, 2.05) is 106 Å². The molecule has 0 aliphatic heterocycles. The highest BCUT2D eigenvalue weighted by Crippen LogP contribution is 2.21. The lowest BCUT2D eigenvalue weighted by atomic mass is 10.1. The Bertz CT molecular complexity index is 2090. The largest absolute Gasteiger partial charge is 0.348 e. The van der Waals surface area contributed by atoms with Crippen LogP contribution in [0.2, 0.25) is 0 Å². The minimum Gasteiger partial charge on any atom is -0.348 e. The highest BCUT2D eigenvalue weighted by atomic mass is 15.2. The number of fused-ring (bicyclic) bond motifs is 2. The quantitative estimate of drug-likeness (QED) is 0.185. The van der Waals surface area contributed by atoms with Crippen LogP contribution in [-0.2, 0) is 0 Å². The molecular weight excluding hydrogens is 600 g/mol. The lowest BCUT2D eigenvalue weighted by Gasteiger charge is -2.14. The molecule has 0 aliphatic carbocycles.